The average molecular weight is 417 g/mol. The predicted molar refractivity (Wildman–Crippen MR) is 91.3 cm³/mol. The van der Waals surface area contributed by atoms with E-state index in [0.717, 1.165) is 24.3 Å². The fourth-order valence-corrected chi connectivity index (χ4v) is 3.02. The first-order valence-corrected chi connectivity index (χ1v) is 9.07. The number of sulfonamides is 1. The Morgan fingerprint density at radius 1 is 1.33 bits per heavy atom. The Morgan fingerprint density at radius 2 is 2.00 bits per heavy atom. The van der Waals surface area contributed by atoms with E-state index < -0.39 is 15.8 Å². The molecule has 0 saturated carbocycles. The number of ether oxygens (including phenoxy) is 1. The van der Waals surface area contributed by atoms with Gasteiger partial charge in [-0.25, -0.2) is 9.22 Å². The number of benzene rings is 2. The third kappa shape index (κ3) is 4.45. The smallest absolute Gasteiger partial charge is 0.276 e. The van der Waals surface area contributed by atoms with Crippen LogP contribution >= 0.6 is 15.9 Å². The van der Waals surface area contributed by atoms with Crippen molar-refractivity contribution in [1.29, 1.82) is 0 Å². The highest BCUT2D eigenvalue weighted by Crippen LogP contribution is 2.35. The Bertz CT molecular complexity index is 855. The van der Waals surface area contributed by atoms with E-state index in [-0.39, 0.29) is 16.4 Å². The number of phenolic OH excluding ortho intramolecular Hbond substituents is 1. The van der Waals surface area contributed by atoms with Gasteiger partial charge in [-0.1, -0.05) is 0 Å². The number of hydrogen-bond donors (Lipinski definition) is 2. The van der Waals surface area contributed by atoms with E-state index in [1.54, 1.807) is 13.0 Å². The molecule has 0 fully saturated rings. The summed E-state index contributed by atoms with van der Waals surface area (Å²) in [5.41, 5.74) is 0.505. The number of hydrazone groups is 1. The van der Waals surface area contributed by atoms with Gasteiger partial charge >= 0.3 is 0 Å². The molecule has 0 aliphatic rings. The Hall–Kier alpha value is -2.13. The molecule has 2 aromatic rings. The van der Waals surface area contributed by atoms with Crippen LogP contribution in [0.3, 0.4) is 0 Å². The molecule has 0 bridgehead atoms. The van der Waals surface area contributed by atoms with Crippen molar-refractivity contribution in [2.24, 2.45) is 5.10 Å². The molecule has 2 rings (SSSR count). The van der Waals surface area contributed by atoms with E-state index in [1.165, 1.54) is 12.3 Å². The van der Waals surface area contributed by atoms with Crippen LogP contribution in [0.5, 0.6) is 11.5 Å². The average Bonchev–Trinajstić information content (AvgIpc) is 2.52. The van der Waals surface area contributed by atoms with Gasteiger partial charge in [-0.2, -0.15) is 13.5 Å². The van der Waals surface area contributed by atoms with E-state index >= 15 is 0 Å². The largest absolute Gasteiger partial charge is 0.503 e. The lowest BCUT2D eigenvalue weighted by Crippen LogP contribution is -2.18. The zero-order valence-corrected chi connectivity index (χ0v) is 14.9. The first kappa shape index (κ1) is 18.2. The second-order valence-corrected chi connectivity index (χ2v) is 7.10. The van der Waals surface area contributed by atoms with Crippen molar-refractivity contribution in [3.8, 4) is 11.5 Å². The minimum absolute atomic E-state index is 0.0547. The van der Waals surface area contributed by atoms with Crippen LogP contribution < -0.4 is 9.57 Å². The van der Waals surface area contributed by atoms with E-state index in [9.17, 15) is 17.9 Å². The fourth-order valence-electron chi connectivity index (χ4n) is 1.77. The van der Waals surface area contributed by atoms with E-state index in [4.69, 9.17) is 4.74 Å². The molecule has 0 aliphatic carbocycles. The highest BCUT2D eigenvalue weighted by atomic mass is 79.9. The van der Waals surface area contributed by atoms with E-state index in [0.29, 0.717) is 16.6 Å². The van der Waals surface area contributed by atoms with Crippen molar-refractivity contribution >= 4 is 32.2 Å². The van der Waals surface area contributed by atoms with Gasteiger partial charge in [0.25, 0.3) is 10.0 Å². The quantitative estimate of drug-likeness (QED) is 0.559. The van der Waals surface area contributed by atoms with Crippen LogP contribution in [-0.4, -0.2) is 26.3 Å². The molecule has 9 heteroatoms. The van der Waals surface area contributed by atoms with Crippen LogP contribution in [0.25, 0.3) is 0 Å². The molecule has 0 radical (unpaired) electrons. The molecule has 0 amide bonds. The van der Waals surface area contributed by atoms with Gasteiger partial charge in [-0.05, 0) is 64.8 Å². The molecular weight excluding hydrogens is 403 g/mol. The number of phenols is 1. The summed E-state index contributed by atoms with van der Waals surface area (Å²) in [4.78, 5) is 1.92. The molecule has 0 aromatic heterocycles. The summed E-state index contributed by atoms with van der Waals surface area (Å²) in [6.45, 7) is 2.13. The van der Waals surface area contributed by atoms with Crippen LogP contribution in [0.1, 0.15) is 12.5 Å². The summed E-state index contributed by atoms with van der Waals surface area (Å²) in [7, 11) is -3.89. The lowest BCUT2D eigenvalue weighted by Gasteiger charge is -2.08. The topological polar surface area (TPSA) is 88.0 Å². The van der Waals surface area contributed by atoms with Gasteiger partial charge in [0.2, 0.25) is 0 Å². The van der Waals surface area contributed by atoms with Crippen molar-refractivity contribution in [3.05, 3.63) is 52.3 Å². The van der Waals surface area contributed by atoms with Gasteiger partial charge in [-0.15, -0.1) is 0 Å². The fraction of sp³-hybridized carbons (Fsp3) is 0.133. The summed E-state index contributed by atoms with van der Waals surface area (Å²) < 4.78 is 42.5. The van der Waals surface area contributed by atoms with Crippen molar-refractivity contribution in [3.63, 3.8) is 0 Å². The molecule has 128 valence electrons. The predicted octanol–water partition coefficient (Wildman–Crippen LogP) is 3.00. The lowest BCUT2D eigenvalue weighted by molar-refractivity contribution is 0.317. The molecule has 0 saturated heterocycles. The minimum Gasteiger partial charge on any atom is -0.503 e. The molecule has 0 spiro atoms. The van der Waals surface area contributed by atoms with Crippen LogP contribution in [-0.2, 0) is 10.0 Å². The Morgan fingerprint density at radius 3 is 2.62 bits per heavy atom. The molecule has 6 nitrogen and oxygen atoms in total. The number of nitrogens with one attached hydrogen (secondary N) is 1. The van der Waals surface area contributed by atoms with Crippen molar-refractivity contribution < 1.29 is 22.7 Å². The summed E-state index contributed by atoms with van der Waals surface area (Å²) in [5, 5.41) is 13.5. The molecule has 0 aliphatic heterocycles. The number of hydrogen-bond acceptors (Lipinski definition) is 5. The second kappa shape index (κ2) is 7.63. The second-order valence-electron chi connectivity index (χ2n) is 4.59. The number of nitrogens with zero attached hydrogens (tertiary/aromatic N) is 1. The van der Waals surface area contributed by atoms with Crippen molar-refractivity contribution in [1.82, 2.24) is 4.83 Å². The zero-order chi connectivity index (χ0) is 17.7. The maximum atomic E-state index is 12.8. The third-order valence-electron chi connectivity index (χ3n) is 2.86. The number of rotatable bonds is 6. The monoisotopic (exact) mass is 416 g/mol. The molecule has 2 N–H and O–H groups in total. The van der Waals surface area contributed by atoms with Gasteiger partial charge in [0.05, 0.1) is 22.2 Å². The maximum absolute atomic E-state index is 12.8. The van der Waals surface area contributed by atoms with Crippen LogP contribution in [0.2, 0.25) is 0 Å². The molecule has 24 heavy (non-hydrogen) atoms. The summed E-state index contributed by atoms with van der Waals surface area (Å²) in [5.74, 6) is -0.342. The van der Waals surface area contributed by atoms with Crippen molar-refractivity contribution in [2.75, 3.05) is 6.61 Å². The molecular formula is C15H14BrFN2O4S. The first-order valence-electron chi connectivity index (χ1n) is 6.79. The Balaban J connectivity index is 2.18. The SMILES string of the molecule is CCOc1cc(/C=N/NS(=O)(=O)c2ccc(F)cc2)cc(Br)c1O. The minimum atomic E-state index is -3.89. The lowest BCUT2D eigenvalue weighted by atomic mass is 10.2. The number of halogens is 2. The van der Waals surface area contributed by atoms with Gasteiger partial charge in [0, 0.05) is 0 Å². The van der Waals surface area contributed by atoms with Crippen molar-refractivity contribution in [2.45, 2.75) is 11.8 Å². The maximum Gasteiger partial charge on any atom is 0.276 e. The van der Waals surface area contributed by atoms with E-state index in [1.807, 2.05) is 4.83 Å². The van der Waals surface area contributed by atoms with Crippen LogP contribution in [0, 0.1) is 5.82 Å². The number of aromatic hydroxyl groups is 1. The molecule has 0 unspecified atom stereocenters. The van der Waals surface area contributed by atoms with Gasteiger partial charge < -0.3 is 9.84 Å². The first-order chi connectivity index (χ1) is 11.3. The third-order valence-corrected chi connectivity index (χ3v) is 4.70. The molecule has 0 heterocycles. The van der Waals surface area contributed by atoms with E-state index in [2.05, 4.69) is 21.0 Å². The normalized spacial score (nSPS) is 11.6. The highest BCUT2D eigenvalue weighted by Gasteiger charge is 2.13. The Labute approximate surface area is 147 Å². The summed E-state index contributed by atoms with van der Waals surface area (Å²) in [6, 6.07) is 7.43. The summed E-state index contributed by atoms with van der Waals surface area (Å²) in [6.07, 6.45) is 1.26. The zero-order valence-electron chi connectivity index (χ0n) is 12.5. The Kier molecular flexibility index (Phi) is 5.79. The standard InChI is InChI=1S/C15H14BrFN2O4S/c1-2-23-14-8-10(7-13(16)15(14)20)9-18-19-24(21,22)12-5-3-11(17)4-6-12/h3-9,19-20H,2H2,1H3/b18-9+. The summed E-state index contributed by atoms with van der Waals surface area (Å²) >= 11 is 3.18. The van der Waals surface area contributed by atoms with Gasteiger partial charge in [-0.3, -0.25) is 0 Å². The molecule has 2 aromatic carbocycles. The van der Waals surface area contributed by atoms with Crippen LogP contribution in [0.4, 0.5) is 4.39 Å². The van der Waals surface area contributed by atoms with Gasteiger partial charge in [0.1, 0.15) is 5.82 Å². The van der Waals surface area contributed by atoms with Crippen LogP contribution in [0.15, 0.2) is 50.9 Å². The molecule has 0 atom stereocenters. The highest BCUT2D eigenvalue weighted by molar-refractivity contribution is 9.10. The van der Waals surface area contributed by atoms with Gasteiger partial charge in [0.15, 0.2) is 11.5 Å².